The van der Waals surface area contributed by atoms with Crippen LogP contribution < -0.4 is 5.56 Å². The normalized spacial score (nSPS) is 11.9. The Morgan fingerprint density at radius 2 is 2.03 bits per heavy atom. The van der Waals surface area contributed by atoms with Crippen molar-refractivity contribution in [2.75, 3.05) is 7.11 Å². The van der Waals surface area contributed by atoms with Crippen LogP contribution in [0.4, 0.5) is 0 Å². The number of methoxy groups -OCH3 is 1. The number of imidazole rings is 1. The van der Waals surface area contributed by atoms with Gasteiger partial charge in [-0.15, -0.1) is 0 Å². The molecule has 0 fully saturated rings. The van der Waals surface area contributed by atoms with Crippen LogP contribution in [0.2, 0.25) is 0 Å². The summed E-state index contributed by atoms with van der Waals surface area (Å²) in [6, 6.07) is 11.0. The van der Waals surface area contributed by atoms with E-state index in [9.17, 15) is 14.7 Å². The molecule has 9 heteroatoms. The van der Waals surface area contributed by atoms with Gasteiger partial charge in [0.1, 0.15) is 5.75 Å². The van der Waals surface area contributed by atoms with Gasteiger partial charge in [-0.2, -0.15) is 5.10 Å². The number of hydrogen-bond acceptors (Lipinski definition) is 6. The van der Waals surface area contributed by atoms with Gasteiger partial charge in [-0.1, -0.05) is 30.3 Å². The molecule has 3 heterocycles. The summed E-state index contributed by atoms with van der Waals surface area (Å²) in [5.41, 5.74) is 3.44. The van der Waals surface area contributed by atoms with E-state index in [4.69, 9.17) is 4.74 Å². The molecule has 3 aromatic heterocycles. The number of aromatic hydroxyl groups is 1. The molecule has 3 N–H and O–H groups in total. The highest BCUT2D eigenvalue weighted by Gasteiger charge is 2.29. The molecular weight excluding hydrogens is 422 g/mol. The average Bonchev–Trinajstić information content (AvgIpc) is 3.50. The van der Waals surface area contributed by atoms with E-state index in [1.54, 1.807) is 36.3 Å². The molecule has 0 saturated heterocycles. The fraction of sp³-hybridized carbons (Fsp3) is 0.250. The lowest BCUT2D eigenvalue weighted by Crippen LogP contribution is -2.29. The summed E-state index contributed by atoms with van der Waals surface area (Å²) in [4.78, 5) is 33.0. The van der Waals surface area contributed by atoms with Crippen molar-refractivity contribution < 1.29 is 14.6 Å². The number of esters is 1. The standard InChI is InChI=1S/C24H25N5O4/c1-15-10-20(30)22(24(32)29(15)9-8-17-12-25-14-26-17)18(11-21(31)33-2)19-13-27-28-23(19)16-6-4-3-5-7-16/h3-7,10,12-14,18,30H,8-9,11H2,1-2H3,(H,25,26)(H,27,28)/t18-/m0/s1. The molecule has 0 saturated carbocycles. The number of pyridine rings is 1. The minimum absolute atomic E-state index is 0.123. The maximum atomic E-state index is 13.6. The Morgan fingerprint density at radius 1 is 1.24 bits per heavy atom. The van der Waals surface area contributed by atoms with Crippen molar-refractivity contribution in [3.8, 4) is 17.0 Å². The van der Waals surface area contributed by atoms with E-state index in [0.717, 1.165) is 11.3 Å². The summed E-state index contributed by atoms with van der Waals surface area (Å²) < 4.78 is 6.50. The highest BCUT2D eigenvalue weighted by Crippen LogP contribution is 2.37. The van der Waals surface area contributed by atoms with E-state index in [1.165, 1.54) is 7.11 Å². The van der Waals surface area contributed by atoms with Crippen LogP contribution in [0.3, 0.4) is 0 Å². The highest BCUT2D eigenvalue weighted by molar-refractivity contribution is 5.73. The lowest BCUT2D eigenvalue weighted by atomic mass is 9.87. The maximum absolute atomic E-state index is 13.6. The van der Waals surface area contributed by atoms with Gasteiger partial charge in [-0.05, 0) is 18.6 Å². The first-order valence-corrected chi connectivity index (χ1v) is 10.6. The molecule has 1 atom stereocenters. The number of carbonyl (C=O) groups excluding carboxylic acids is 1. The van der Waals surface area contributed by atoms with Crippen LogP contribution in [-0.4, -0.2) is 42.9 Å². The fourth-order valence-corrected chi connectivity index (χ4v) is 4.04. The summed E-state index contributed by atoms with van der Waals surface area (Å²) in [7, 11) is 1.30. The predicted octanol–water partition coefficient (Wildman–Crippen LogP) is 2.91. The number of hydrogen-bond donors (Lipinski definition) is 3. The predicted molar refractivity (Wildman–Crippen MR) is 122 cm³/mol. The Labute approximate surface area is 190 Å². The Hall–Kier alpha value is -4.14. The molecule has 4 rings (SSSR count). The number of carbonyl (C=O) groups is 1. The average molecular weight is 447 g/mol. The van der Waals surface area contributed by atoms with E-state index in [1.807, 2.05) is 30.3 Å². The third-order valence-corrected chi connectivity index (χ3v) is 5.74. The number of aromatic amines is 2. The SMILES string of the molecule is COC(=O)C[C@@H](c1cn[nH]c1-c1ccccc1)c1c(O)cc(C)n(CCc2cnc[nH]2)c1=O. The largest absolute Gasteiger partial charge is 0.507 e. The molecule has 0 radical (unpaired) electrons. The van der Waals surface area contributed by atoms with Gasteiger partial charge in [0, 0.05) is 42.0 Å². The first-order chi connectivity index (χ1) is 16.0. The molecule has 1 aromatic carbocycles. The quantitative estimate of drug-likeness (QED) is 0.357. The molecule has 4 aromatic rings. The number of nitrogens with one attached hydrogen (secondary N) is 2. The van der Waals surface area contributed by atoms with E-state index in [2.05, 4.69) is 20.2 Å². The first-order valence-electron chi connectivity index (χ1n) is 10.6. The number of ether oxygens (including phenoxy) is 1. The van der Waals surface area contributed by atoms with Gasteiger partial charge in [-0.3, -0.25) is 14.7 Å². The van der Waals surface area contributed by atoms with E-state index in [0.29, 0.717) is 29.9 Å². The molecule has 0 aliphatic rings. The number of benzene rings is 1. The maximum Gasteiger partial charge on any atom is 0.306 e. The van der Waals surface area contributed by atoms with Crippen LogP contribution in [0, 0.1) is 6.92 Å². The number of aromatic nitrogens is 5. The van der Waals surface area contributed by atoms with Crippen LogP contribution in [0.1, 0.15) is 34.9 Å². The summed E-state index contributed by atoms with van der Waals surface area (Å²) in [6.07, 6.45) is 5.32. The van der Waals surface area contributed by atoms with Gasteiger partial charge in [0.2, 0.25) is 0 Å². The minimum atomic E-state index is -0.752. The molecule has 0 unspecified atom stereocenters. The van der Waals surface area contributed by atoms with E-state index in [-0.39, 0.29) is 23.3 Å². The van der Waals surface area contributed by atoms with Gasteiger partial charge >= 0.3 is 5.97 Å². The van der Waals surface area contributed by atoms with Crippen molar-refractivity contribution in [3.63, 3.8) is 0 Å². The zero-order valence-corrected chi connectivity index (χ0v) is 18.4. The smallest absolute Gasteiger partial charge is 0.306 e. The zero-order chi connectivity index (χ0) is 23.4. The molecule has 0 aliphatic heterocycles. The van der Waals surface area contributed by atoms with Crippen molar-refractivity contribution in [2.45, 2.75) is 32.2 Å². The van der Waals surface area contributed by atoms with Gasteiger partial charge < -0.3 is 19.4 Å². The highest BCUT2D eigenvalue weighted by atomic mass is 16.5. The second kappa shape index (κ2) is 9.56. The van der Waals surface area contributed by atoms with Crippen LogP contribution >= 0.6 is 0 Å². The number of H-pyrrole nitrogens is 2. The zero-order valence-electron chi connectivity index (χ0n) is 18.4. The van der Waals surface area contributed by atoms with Crippen molar-refractivity contribution in [2.24, 2.45) is 0 Å². The second-order valence-corrected chi connectivity index (χ2v) is 7.77. The molecule has 0 bridgehead atoms. The Morgan fingerprint density at radius 3 is 2.73 bits per heavy atom. The van der Waals surface area contributed by atoms with Crippen LogP contribution in [-0.2, 0) is 22.5 Å². The lowest BCUT2D eigenvalue weighted by molar-refractivity contribution is -0.140. The van der Waals surface area contributed by atoms with Gasteiger partial charge in [0.25, 0.3) is 5.56 Å². The van der Waals surface area contributed by atoms with Crippen molar-refractivity contribution in [1.82, 2.24) is 24.7 Å². The summed E-state index contributed by atoms with van der Waals surface area (Å²) in [5.74, 6) is -1.41. The second-order valence-electron chi connectivity index (χ2n) is 7.77. The van der Waals surface area contributed by atoms with Crippen LogP contribution in [0.15, 0.2) is 59.9 Å². The van der Waals surface area contributed by atoms with Crippen LogP contribution in [0.25, 0.3) is 11.3 Å². The summed E-state index contributed by atoms with van der Waals surface area (Å²) in [5, 5.41) is 18.0. The third kappa shape index (κ3) is 4.57. The van der Waals surface area contributed by atoms with E-state index >= 15 is 0 Å². The minimum Gasteiger partial charge on any atom is -0.507 e. The van der Waals surface area contributed by atoms with Gasteiger partial charge in [0.15, 0.2) is 0 Å². The Balaban J connectivity index is 1.82. The fourth-order valence-electron chi connectivity index (χ4n) is 4.04. The van der Waals surface area contributed by atoms with Gasteiger partial charge in [-0.25, -0.2) is 4.98 Å². The molecule has 170 valence electrons. The first kappa shape index (κ1) is 22.1. The summed E-state index contributed by atoms with van der Waals surface area (Å²) >= 11 is 0. The molecule has 33 heavy (non-hydrogen) atoms. The monoisotopic (exact) mass is 447 g/mol. The number of aryl methyl sites for hydroxylation is 2. The van der Waals surface area contributed by atoms with Gasteiger partial charge in [0.05, 0.1) is 37.3 Å². The summed E-state index contributed by atoms with van der Waals surface area (Å²) in [6.45, 7) is 2.16. The molecule has 0 spiro atoms. The number of nitrogens with zero attached hydrogens (tertiary/aromatic N) is 3. The molecular formula is C24H25N5O4. The van der Waals surface area contributed by atoms with Crippen molar-refractivity contribution in [1.29, 1.82) is 0 Å². The van der Waals surface area contributed by atoms with Crippen molar-refractivity contribution >= 4 is 5.97 Å². The van der Waals surface area contributed by atoms with Crippen molar-refractivity contribution in [3.05, 3.63) is 88.0 Å². The van der Waals surface area contributed by atoms with Crippen LogP contribution in [0.5, 0.6) is 5.75 Å². The molecule has 0 aliphatic carbocycles. The Kier molecular flexibility index (Phi) is 6.39. The van der Waals surface area contributed by atoms with E-state index < -0.39 is 11.9 Å². The topological polar surface area (TPSA) is 126 Å². The Bertz CT molecular complexity index is 1290. The number of rotatable bonds is 8. The molecule has 0 amide bonds. The lowest BCUT2D eigenvalue weighted by Gasteiger charge is -2.20. The third-order valence-electron chi connectivity index (χ3n) is 5.74. The molecule has 9 nitrogen and oxygen atoms in total.